The van der Waals surface area contributed by atoms with E-state index in [0.29, 0.717) is 17.2 Å². The first-order valence-electron chi connectivity index (χ1n) is 8.34. The van der Waals surface area contributed by atoms with Crippen molar-refractivity contribution in [3.05, 3.63) is 60.9 Å². The first kappa shape index (κ1) is 16.2. The molecule has 8 nitrogen and oxygen atoms in total. The Hall–Kier alpha value is -3.26. The van der Waals surface area contributed by atoms with Crippen molar-refractivity contribution in [1.29, 1.82) is 0 Å². The van der Waals surface area contributed by atoms with Crippen molar-refractivity contribution >= 4 is 17.4 Å². The molecular formula is C18H18N6O2. The molecular weight excluding hydrogens is 332 g/mol. The lowest BCUT2D eigenvalue weighted by Gasteiger charge is -2.28. The number of rotatable bonds is 4. The molecule has 0 spiro atoms. The van der Waals surface area contributed by atoms with Crippen LogP contribution in [0.15, 0.2) is 55.4 Å². The molecule has 1 amide bonds. The van der Waals surface area contributed by atoms with E-state index < -0.39 is 0 Å². The Morgan fingerprint density at radius 2 is 1.96 bits per heavy atom. The number of carbonyl (C=O) groups excluding carboxylic acids is 1. The van der Waals surface area contributed by atoms with Crippen LogP contribution >= 0.6 is 0 Å². The van der Waals surface area contributed by atoms with Crippen LogP contribution in [-0.4, -0.2) is 51.7 Å². The fourth-order valence-corrected chi connectivity index (χ4v) is 2.72. The molecule has 1 saturated heterocycles. The first-order valence-corrected chi connectivity index (χ1v) is 8.34. The Bertz CT molecular complexity index is 856. The van der Waals surface area contributed by atoms with Crippen LogP contribution in [-0.2, 0) is 4.74 Å². The summed E-state index contributed by atoms with van der Waals surface area (Å²) < 4.78 is 7.12. The number of hydrogen-bond acceptors (Lipinski definition) is 6. The van der Waals surface area contributed by atoms with Crippen LogP contribution in [0.3, 0.4) is 0 Å². The molecule has 1 fully saturated rings. The zero-order valence-electron chi connectivity index (χ0n) is 14.1. The number of hydrogen-bond donors (Lipinski definition) is 1. The second-order valence-electron chi connectivity index (χ2n) is 5.83. The number of morpholine rings is 1. The minimum Gasteiger partial charge on any atom is -0.378 e. The number of anilines is 2. The maximum absolute atomic E-state index is 12.4. The highest BCUT2D eigenvalue weighted by Gasteiger charge is 2.12. The molecule has 26 heavy (non-hydrogen) atoms. The van der Waals surface area contributed by atoms with Gasteiger partial charge in [-0.05, 0) is 24.3 Å². The number of pyridine rings is 2. The summed E-state index contributed by atoms with van der Waals surface area (Å²) in [5.41, 5.74) is 1.49. The number of nitrogens with one attached hydrogen (secondary N) is 1. The van der Waals surface area contributed by atoms with Crippen LogP contribution < -0.4 is 10.2 Å². The van der Waals surface area contributed by atoms with Crippen molar-refractivity contribution in [3.63, 3.8) is 0 Å². The molecule has 0 bridgehead atoms. The highest BCUT2D eigenvalue weighted by atomic mass is 16.5. The molecule has 0 atom stereocenters. The lowest BCUT2D eigenvalue weighted by molar-refractivity contribution is 0.102. The third-order valence-corrected chi connectivity index (χ3v) is 4.14. The lowest BCUT2D eigenvalue weighted by Crippen LogP contribution is -2.36. The van der Waals surface area contributed by atoms with E-state index in [2.05, 4.69) is 25.2 Å². The van der Waals surface area contributed by atoms with E-state index in [1.165, 1.54) is 6.20 Å². The van der Waals surface area contributed by atoms with Gasteiger partial charge in [-0.1, -0.05) is 0 Å². The smallest absolute Gasteiger partial charge is 0.258 e. The summed E-state index contributed by atoms with van der Waals surface area (Å²) in [7, 11) is 0. The van der Waals surface area contributed by atoms with Crippen LogP contribution in [0.1, 0.15) is 10.4 Å². The molecule has 0 aliphatic carbocycles. The van der Waals surface area contributed by atoms with Crippen molar-refractivity contribution in [2.24, 2.45) is 0 Å². The second-order valence-corrected chi connectivity index (χ2v) is 5.83. The van der Waals surface area contributed by atoms with Crippen LogP contribution in [0, 0.1) is 0 Å². The van der Waals surface area contributed by atoms with Crippen molar-refractivity contribution in [1.82, 2.24) is 19.5 Å². The third-order valence-electron chi connectivity index (χ3n) is 4.14. The molecule has 3 aromatic heterocycles. The third kappa shape index (κ3) is 3.55. The van der Waals surface area contributed by atoms with Gasteiger partial charge in [-0.15, -0.1) is 0 Å². The van der Waals surface area contributed by atoms with E-state index in [4.69, 9.17) is 4.74 Å². The fourth-order valence-electron chi connectivity index (χ4n) is 2.72. The minimum absolute atomic E-state index is 0.249. The van der Waals surface area contributed by atoms with Crippen LogP contribution in [0.4, 0.5) is 11.5 Å². The molecule has 3 aromatic rings. The van der Waals surface area contributed by atoms with Gasteiger partial charge in [-0.25, -0.2) is 15.0 Å². The number of carbonyl (C=O) groups is 1. The maximum atomic E-state index is 12.4. The Morgan fingerprint density at radius 3 is 2.62 bits per heavy atom. The quantitative estimate of drug-likeness (QED) is 0.772. The molecule has 1 N–H and O–H groups in total. The standard InChI is InChI=1S/C18H18N6O2/c25-18(14-1-4-17(21-11-14)24-6-5-19-13-24)22-16-3-2-15(12-20-16)23-7-9-26-10-8-23/h1-6,11-13H,7-10H2,(H,20,22,25). The predicted octanol–water partition coefficient (Wildman–Crippen LogP) is 1.75. The highest BCUT2D eigenvalue weighted by molar-refractivity contribution is 6.03. The average Bonchev–Trinajstić information content (AvgIpc) is 3.24. The molecule has 8 heteroatoms. The molecule has 0 unspecified atom stereocenters. The van der Waals surface area contributed by atoms with Crippen LogP contribution in [0.2, 0.25) is 0 Å². The second kappa shape index (κ2) is 7.32. The normalized spacial score (nSPS) is 14.2. The van der Waals surface area contributed by atoms with Crippen molar-refractivity contribution in [2.45, 2.75) is 0 Å². The van der Waals surface area contributed by atoms with E-state index in [-0.39, 0.29) is 5.91 Å². The molecule has 0 aromatic carbocycles. The zero-order chi connectivity index (χ0) is 17.8. The first-order chi connectivity index (χ1) is 12.8. The van der Waals surface area contributed by atoms with Crippen LogP contribution in [0.25, 0.3) is 5.82 Å². The molecule has 0 saturated carbocycles. The summed E-state index contributed by atoms with van der Waals surface area (Å²) in [5.74, 6) is 0.957. The van der Waals surface area contributed by atoms with Gasteiger partial charge in [0.1, 0.15) is 18.0 Å². The fraction of sp³-hybridized carbons (Fsp3) is 0.222. The molecule has 4 heterocycles. The molecule has 4 rings (SSSR count). The summed E-state index contributed by atoms with van der Waals surface area (Å²) in [4.78, 5) is 27.2. The van der Waals surface area contributed by atoms with E-state index in [0.717, 1.165) is 32.0 Å². The van der Waals surface area contributed by atoms with E-state index in [1.807, 2.05) is 6.07 Å². The van der Waals surface area contributed by atoms with Gasteiger partial charge in [-0.2, -0.15) is 0 Å². The number of ether oxygens (including phenoxy) is 1. The Kier molecular flexibility index (Phi) is 4.57. The molecule has 1 aliphatic rings. The van der Waals surface area contributed by atoms with Gasteiger partial charge < -0.3 is 15.0 Å². The predicted molar refractivity (Wildman–Crippen MR) is 96.6 cm³/mol. The Balaban J connectivity index is 1.41. The lowest BCUT2D eigenvalue weighted by atomic mass is 10.2. The number of nitrogens with zero attached hydrogens (tertiary/aromatic N) is 5. The summed E-state index contributed by atoms with van der Waals surface area (Å²) in [6.07, 6.45) is 8.42. The minimum atomic E-state index is -0.249. The molecule has 1 aliphatic heterocycles. The van der Waals surface area contributed by atoms with Crippen molar-refractivity contribution < 1.29 is 9.53 Å². The van der Waals surface area contributed by atoms with E-state index >= 15 is 0 Å². The van der Waals surface area contributed by atoms with Gasteiger partial charge >= 0.3 is 0 Å². The zero-order valence-corrected chi connectivity index (χ0v) is 14.1. The van der Waals surface area contributed by atoms with Crippen molar-refractivity contribution in [2.75, 3.05) is 36.5 Å². The summed E-state index contributed by atoms with van der Waals surface area (Å²) in [6.45, 7) is 3.14. The Morgan fingerprint density at radius 1 is 1.08 bits per heavy atom. The molecule has 0 radical (unpaired) electrons. The topological polar surface area (TPSA) is 85.2 Å². The van der Waals surface area contributed by atoms with Gasteiger partial charge in [0.05, 0.1) is 30.7 Å². The number of amides is 1. The maximum Gasteiger partial charge on any atom is 0.258 e. The summed E-state index contributed by atoms with van der Waals surface area (Å²) in [5, 5.41) is 2.79. The average molecular weight is 350 g/mol. The number of imidazole rings is 1. The largest absolute Gasteiger partial charge is 0.378 e. The van der Waals surface area contributed by atoms with Gasteiger partial charge in [0.25, 0.3) is 5.91 Å². The van der Waals surface area contributed by atoms with Crippen molar-refractivity contribution in [3.8, 4) is 5.82 Å². The summed E-state index contributed by atoms with van der Waals surface area (Å²) >= 11 is 0. The van der Waals surface area contributed by atoms with E-state index in [9.17, 15) is 4.79 Å². The van der Waals surface area contributed by atoms with E-state index in [1.54, 1.807) is 47.7 Å². The SMILES string of the molecule is O=C(Nc1ccc(N2CCOCC2)cn1)c1ccc(-n2ccnc2)nc1. The Labute approximate surface area is 150 Å². The molecule has 132 valence electrons. The van der Waals surface area contributed by atoms with Crippen LogP contribution in [0.5, 0.6) is 0 Å². The highest BCUT2D eigenvalue weighted by Crippen LogP contribution is 2.17. The summed E-state index contributed by atoms with van der Waals surface area (Å²) in [6, 6.07) is 7.25. The van der Waals surface area contributed by atoms with Gasteiger partial charge in [-0.3, -0.25) is 9.36 Å². The van der Waals surface area contributed by atoms with Gasteiger partial charge in [0, 0.05) is 31.7 Å². The van der Waals surface area contributed by atoms with Gasteiger partial charge in [0.2, 0.25) is 0 Å². The number of aromatic nitrogens is 4. The van der Waals surface area contributed by atoms with Gasteiger partial charge in [0.15, 0.2) is 0 Å². The monoisotopic (exact) mass is 350 g/mol.